The first-order valence-corrected chi connectivity index (χ1v) is 8.24. The van der Waals surface area contributed by atoms with Crippen LogP contribution >= 0.6 is 0 Å². The second kappa shape index (κ2) is 7.26. The SMILES string of the molecule is C[C@H](c1cccc2ccccc12)N(C(=O)[O-])[C@H](c1cccnc1)C(F)(F)F. The van der Waals surface area contributed by atoms with E-state index in [2.05, 4.69) is 4.98 Å². The van der Waals surface area contributed by atoms with Gasteiger partial charge in [0, 0.05) is 18.0 Å². The van der Waals surface area contributed by atoms with Crippen LogP contribution in [0.15, 0.2) is 67.0 Å². The number of halogens is 3. The highest BCUT2D eigenvalue weighted by atomic mass is 19.4. The highest BCUT2D eigenvalue weighted by Crippen LogP contribution is 2.42. The first kappa shape index (κ1) is 18.7. The van der Waals surface area contributed by atoms with Crippen molar-refractivity contribution in [2.45, 2.75) is 25.2 Å². The minimum atomic E-state index is -4.83. The fraction of sp³-hybridized carbons (Fsp3) is 0.200. The van der Waals surface area contributed by atoms with E-state index in [1.165, 1.54) is 25.3 Å². The van der Waals surface area contributed by atoms with Gasteiger partial charge < -0.3 is 14.8 Å². The normalized spacial score (nSPS) is 13.9. The monoisotopic (exact) mass is 373 g/mol. The van der Waals surface area contributed by atoms with Gasteiger partial charge in [-0.2, -0.15) is 13.2 Å². The van der Waals surface area contributed by atoms with Gasteiger partial charge in [-0.1, -0.05) is 48.5 Å². The van der Waals surface area contributed by atoms with E-state index in [9.17, 15) is 23.1 Å². The maximum Gasteiger partial charge on any atom is 0.413 e. The van der Waals surface area contributed by atoms with Crippen LogP contribution in [0.3, 0.4) is 0 Å². The van der Waals surface area contributed by atoms with Crippen molar-refractivity contribution in [3.05, 3.63) is 78.1 Å². The number of pyridine rings is 1. The van der Waals surface area contributed by atoms with Crippen molar-refractivity contribution in [3.63, 3.8) is 0 Å². The number of alkyl halides is 3. The van der Waals surface area contributed by atoms with Gasteiger partial charge in [-0.15, -0.1) is 0 Å². The molecule has 140 valence electrons. The summed E-state index contributed by atoms with van der Waals surface area (Å²) in [6, 6.07) is 11.3. The number of carbonyl (C=O) groups excluding carboxylic acids is 1. The molecule has 0 unspecified atom stereocenters. The Morgan fingerprint density at radius 1 is 1.07 bits per heavy atom. The summed E-state index contributed by atoms with van der Waals surface area (Å²) in [6.07, 6.45) is -4.39. The van der Waals surface area contributed by atoms with E-state index in [-0.39, 0.29) is 5.56 Å². The van der Waals surface area contributed by atoms with Crippen LogP contribution in [0.25, 0.3) is 10.8 Å². The van der Waals surface area contributed by atoms with Crippen molar-refractivity contribution < 1.29 is 23.1 Å². The van der Waals surface area contributed by atoms with Gasteiger partial charge in [0.05, 0.1) is 6.04 Å². The smallest absolute Gasteiger partial charge is 0.413 e. The molecule has 1 heterocycles. The van der Waals surface area contributed by atoms with E-state index in [1.807, 2.05) is 18.2 Å². The molecule has 0 aliphatic carbocycles. The zero-order chi connectivity index (χ0) is 19.6. The second-order valence-corrected chi connectivity index (χ2v) is 6.15. The third-order valence-electron chi connectivity index (χ3n) is 4.49. The lowest BCUT2D eigenvalue weighted by atomic mass is 9.96. The van der Waals surface area contributed by atoms with E-state index in [0.717, 1.165) is 11.6 Å². The Morgan fingerprint density at radius 3 is 2.41 bits per heavy atom. The lowest BCUT2D eigenvalue weighted by Crippen LogP contribution is -2.49. The molecule has 3 rings (SSSR count). The van der Waals surface area contributed by atoms with Gasteiger partial charge in [0.15, 0.2) is 6.04 Å². The number of rotatable bonds is 4. The summed E-state index contributed by atoms with van der Waals surface area (Å²) in [4.78, 5) is 15.8. The number of aromatic nitrogens is 1. The number of hydrogen-bond acceptors (Lipinski definition) is 3. The maximum absolute atomic E-state index is 13.8. The maximum atomic E-state index is 13.8. The summed E-state index contributed by atoms with van der Waals surface area (Å²) >= 11 is 0. The van der Waals surface area contributed by atoms with Gasteiger partial charge in [-0.3, -0.25) is 4.98 Å². The van der Waals surface area contributed by atoms with E-state index in [4.69, 9.17) is 0 Å². The van der Waals surface area contributed by atoms with Crippen molar-refractivity contribution in [2.24, 2.45) is 0 Å². The molecule has 7 heteroatoms. The summed E-state index contributed by atoms with van der Waals surface area (Å²) in [5.41, 5.74) is 0.205. The average molecular weight is 373 g/mol. The minimum absolute atomic E-state index is 0.263. The summed E-state index contributed by atoms with van der Waals surface area (Å²) in [5.74, 6) is 0. The number of hydrogen-bond donors (Lipinski definition) is 0. The zero-order valence-corrected chi connectivity index (χ0v) is 14.4. The van der Waals surface area contributed by atoms with Crippen LogP contribution < -0.4 is 5.11 Å². The zero-order valence-electron chi connectivity index (χ0n) is 14.4. The molecule has 2 atom stereocenters. The van der Waals surface area contributed by atoms with Crippen LogP contribution in [-0.4, -0.2) is 22.2 Å². The molecule has 0 saturated carbocycles. The lowest BCUT2D eigenvalue weighted by molar-refractivity contribution is -0.284. The van der Waals surface area contributed by atoms with Crippen LogP contribution in [0.1, 0.15) is 30.1 Å². The molecule has 2 aromatic carbocycles. The fourth-order valence-corrected chi connectivity index (χ4v) is 3.30. The molecule has 1 aromatic heterocycles. The predicted octanol–water partition coefficient (Wildman–Crippen LogP) is 4.24. The van der Waals surface area contributed by atoms with Crippen molar-refractivity contribution in [3.8, 4) is 0 Å². The Labute approximate surface area is 153 Å². The van der Waals surface area contributed by atoms with E-state index < -0.39 is 24.4 Å². The molecule has 1 amide bonds. The Morgan fingerprint density at radius 2 is 1.78 bits per heavy atom. The van der Waals surface area contributed by atoms with Crippen molar-refractivity contribution in [2.75, 3.05) is 0 Å². The highest BCUT2D eigenvalue weighted by Gasteiger charge is 2.47. The molecular weight excluding hydrogens is 357 g/mol. The van der Waals surface area contributed by atoms with Gasteiger partial charge in [-0.05, 0) is 29.3 Å². The minimum Gasteiger partial charge on any atom is -0.530 e. The Kier molecular flexibility index (Phi) is 5.03. The van der Waals surface area contributed by atoms with Gasteiger partial charge in [0.1, 0.15) is 6.09 Å². The number of amides is 1. The largest absolute Gasteiger partial charge is 0.530 e. The summed E-state index contributed by atoms with van der Waals surface area (Å²) in [6.45, 7) is 1.42. The number of carbonyl (C=O) groups is 1. The molecule has 0 aliphatic rings. The Hall–Kier alpha value is -3.09. The molecule has 0 fully saturated rings. The molecule has 0 N–H and O–H groups in total. The number of fused-ring (bicyclic) bond motifs is 1. The molecule has 0 saturated heterocycles. The van der Waals surface area contributed by atoms with E-state index in [0.29, 0.717) is 15.8 Å². The van der Waals surface area contributed by atoms with Crippen LogP contribution in [-0.2, 0) is 0 Å². The molecule has 0 bridgehead atoms. The third kappa shape index (κ3) is 3.72. The predicted molar refractivity (Wildman–Crippen MR) is 92.6 cm³/mol. The van der Waals surface area contributed by atoms with Gasteiger partial charge in [-0.25, -0.2) is 0 Å². The standard InChI is InChI=1S/C20H17F3N2O2/c1-13(16-10-4-7-14-6-2-3-9-17(14)16)25(19(26)27)18(20(21,22)23)15-8-5-11-24-12-15/h2-13,18H,1H3,(H,26,27)/p-1/t13-,18-/m1/s1. The van der Waals surface area contributed by atoms with Crippen LogP contribution in [0.5, 0.6) is 0 Å². The van der Waals surface area contributed by atoms with Crippen LogP contribution in [0.4, 0.5) is 18.0 Å². The number of nitrogens with zero attached hydrogens (tertiary/aromatic N) is 2. The molecule has 0 spiro atoms. The van der Waals surface area contributed by atoms with Crippen LogP contribution in [0.2, 0.25) is 0 Å². The molecule has 3 aromatic rings. The summed E-state index contributed by atoms with van der Waals surface area (Å²) in [7, 11) is 0. The summed E-state index contributed by atoms with van der Waals surface area (Å²) < 4.78 is 41.5. The Balaban J connectivity index is 2.14. The van der Waals surface area contributed by atoms with Crippen molar-refractivity contribution in [1.82, 2.24) is 9.88 Å². The molecule has 27 heavy (non-hydrogen) atoms. The first-order chi connectivity index (χ1) is 12.8. The molecule has 4 nitrogen and oxygen atoms in total. The van der Waals surface area contributed by atoms with Crippen molar-refractivity contribution >= 4 is 16.9 Å². The van der Waals surface area contributed by atoms with Gasteiger partial charge in [0.2, 0.25) is 0 Å². The van der Waals surface area contributed by atoms with Gasteiger partial charge >= 0.3 is 6.18 Å². The number of benzene rings is 2. The fourth-order valence-electron chi connectivity index (χ4n) is 3.30. The van der Waals surface area contributed by atoms with Crippen LogP contribution in [0, 0.1) is 0 Å². The van der Waals surface area contributed by atoms with Gasteiger partial charge in [0.25, 0.3) is 0 Å². The average Bonchev–Trinajstić information content (AvgIpc) is 2.64. The van der Waals surface area contributed by atoms with E-state index >= 15 is 0 Å². The summed E-state index contributed by atoms with van der Waals surface area (Å²) in [5, 5.41) is 13.3. The highest BCUT2D eigenvalue weighted by molar-refractivity contribution is 5.86. The van der Waals surface area contributed by atoms with Crippen molar-refractivity contribution in [1.29, 1.82) is 0 Å². The molecule has 0 aliphatic heterocycles. The van der Waals surface area contributed by atoms with E-state index in [1.54, 1.807) is 24.3 Å². The second-order valence-electron chi connectivity index (χ2n) is 6.15. The molecular formula is C20H16F3N2O2-. The molecule has 0 radical (unpaired) electrons. The topological polar surface area (TPSA) is 56.3 Å². The first-order valence-electron chi connectivity index (χ1n) is 8.24. The Bertz CT molecular complexity index is 939. The quantitative estimate of drug-likeness (QED) is 0.687. The third-order valence-corrected chi connectivity index (χ3v) is 4.49. The number of carboxylic acid groups (broad SMARTS) is 1. The lowest BCUT2D eigenvalue weighted by Gasteiger charge is -2.40.